The van der Waals surface area contributed by atoms with Gasteiger partial charge >= 0.3 is 0 Å². The summed E-state index contributed by atoms with van der Waals surface area (Å²) in [6.07, 6.45) is 1.56. The molecule has 0 radical (unpaired) electrons. The van der Waals surface area contributed by atoms with E-state index in [0.717, 1.165) is 0 Å². The van der Waals surface area contributed by atoms with Crippen LogP contribution < -0.4 is 0 Å². The Morgan fingerprint density at radius 3 is 2.56 bits per heavy atom. The SMILES string of the molecule is N#Cc1ccc(C#N)c(-c2cccnn2)c1. The minimum Gasteiger partial charge on any atom is -0.192 e. The normalized spacial score (nSPS) is 9.12. The second kappa shape index (κ2) is 4.20. The maximum absolute atomic E-state index is 8.96. The van der Waals surface area contributed by atoms with E-state index in [0.29, 0.717) is 22.4 Å². The number of aromatic nitrogens is 2. The average molecular weight is 206 g/mol. The van der Waals surface area contributed by atoms with Gasteiger partial charge in [-0.1, -0.05) is 0 Å². The summed E-state index contributed by atoms with van der Waals surface area (Å²) in [5.41, 5.74) is 2.21. The highest BCUT2D eigenvalue weighted by Gasteiger charge is 2.07. The Morgan fingerprint density at radius 1 is 1.06 bits per heavy atom. The molecule has 1 aromatic carbocycles. The van der Waals surface area contributed by atoms with E-state index in [-0.39, 0.29) is 0 Å². The van der Waals surface area contributed by atoms with Gasteiger partial charge in [0.2, 0.25) is 0 Å². The molecule has 0 bridgehead atoms. The van der Waals surface area contributed by atoms with E-state index in [4.69, 9.17) is 10.5 Å². The lowest BCUT2D eigenvalue weighted by molar-refractivity contribution is 1.04. The summed E-state index contributed by atoms with van der Waals surface area (Å²) in [5.74, 6) is 0. The molecule has 74 valence electrons. The summed E-state index contributed by atoms with van der Waals surface area (Å²) in [6.45, 7) is 0. The molecule has 16 heavy (non-hydrogen) atoms. The van der Waals surface area contributed by atoms with Crippen LogP contribution >= 0.6 is 0 Å². The van der Waals surface area contributed by atoms with Gasteiger partial charge in [-0.05, 0) is 30.3 Å². The average Bonchev–Trinajstić information content (AvgIpc) is 2.39. The zero-order chi connectivity index (χ0) is 11.4. The first kappa shape index (κ1) is 9.82. The molecule has 1 aromatic heterocycles. The van der Waals surface area contributed by atoms with E-state index in [1.807, 2.05) is 6.07 Å². The summed E-state index contributed by atoms with van der Waals surface area (Å²) in [5, 5.41) is 25.4. The van der Waals surface area contributed by atoms with Crippen molar-refractivity contribution in [2.75, 3.05) is 0 Å². The van der Waals surface area contributed by atoms with Crippen molar-refractivity contribution in [2.45, 2.75) is 0 Å². The minimum atomic E-state index is 0.486. The molecule has 0 saturated heterocycles. The molecular formula is C12H6N4. The van der Waals surface area contributed by atoms with Crippen molar-refractivity contribution in [3.63, 3.8) is 0 Å². The van der Waals surface area contributed by atoms with Crippen molar-refractivity contribution >= 4 is 0 Å². The van der Waals surface area contributed by atoms with Gasteiger partial charge in [-0.25, -0.2) is 0 Å². The molecule has 0 fully saturated rings. The predicted molar refractivity (Wildman–Crippen MR) is 56.9 cm³/mol. The highest BCUT2D eigenvalue weighted by atomic mass is 15.1. The van der Waals surface area contributed by atoms with Gasteiger partial charge in [0.15, 0.2) is 0 Å². The third-order valence-electron chi connectivity index (χ3n) is 2.12. The molecule has 2 aromatic rings. The maximum Gasteiger partial charge on any atom is 0.0998 e. The maximum atomic E-state index is 8.96. The fourth-order valence-electron chi connectivity index (χ4n) is 1.37. The van der Waals surface area contributed by atoms with Crippen molar-refractivity contribution in [2.24, 2.45) is 0 Å². The molecule has 4 heteroatoms. The molecule has 0 atom stereocenters. The Kier molecular flexibility index (Phi) is 2.58. The molecule has 0 spiro atoms. The lowest BCUT2D eigenvalue weighted by Crippen LogP contribution is -1.90. The first-order valence-electron chi connectivity index (χ1n) is 4.57. The van der Waals surface area contributed by atoms with E-state index < -0.39 is 0 Å². The van der Waals surface area contributed by atoms with Gasteiger partial charge in [-0.2, -0.15) is 20.7 Å². The largest absolute Gasteiger partial charge is 0.192 e. The zero-order valence-electron chi connectivity index (χ0n) is 8.25. The predicted octanol–water partition coefficient (Wildman–Crippen LogP) is 1.89. The van der Waals surface area contributed by atoms with Crippen LogP contribution in [0.2, 0.25) is 0 Å². The summed E-state index contributed by atoms with van der Waals surface area (Å²) in [7, 11) is 0. The van der Waals surface area contributed by atoms with Gasteiger partial charge in [0.25, 0.3) is 0 Å². The first-order valence-corrected chi connectivity index (χ1v) is 4.57. The van der Waals surface area contributed by atoms with Crippen LogP contribution in [-0.2, 0) is 0 Å². The molecule has 2 rings (SSSR count). The number of hydrogen-bond donors (Lipinski definition) is 0. The van der Waals surface area contributed by atoms with E-state index in [1.165, 1.54) is 0 Å². The van der Waals surface area contributed by atoms with Crippen LogP contribution in [-0.4, -0.2) is 10.2 Å². The van der Waals surface area contributed by atoms with E-state index in [1.54, 1.807) is 36.5 Å². The van der Waals surface area contributed by atoms with Crippen molar-refractivity contribution in [1.29, 1.82) is 10.5 Å². The molecule has 0 unspecified atom stereocenters. The lowest BCUT2D eigenvalue weighted by atomic mass is 10.0. The summed E-state index contributed by atoms with van der Waals surface area (Å²) in [6, 6.07) is 12.5. The van der Waals surface area contributed by atoms with E-state index >= 15 is 0 Å². The third kappa shape index (κ3) is 1.73. The van der Waals surface area contributed by atoms with Crippen molar-refractivity contribution in [3.05, 3.63) is 47.7 Å². The minimum absolute atomic E-state index is 0.486. The zero-order valence-corrected chi connectivity index (χ0v) is 8.25. The molecular weight excluding hydrogens is 200 g/mol. The van der Waals surface area contributed by atoms with Crippen LogP contribution in [0.4, 0.5) is 0 Å². The Hall–Kier alpha value is -2.72. The Balaban J connectivity index is 2.65. The monoisotopic (exact) mass is 206 g/mol. The number of hydrogen-bond acceptors (Lipinski definition) is 4. The Morgan fingerprint density at radius 2 is 1.94 bits per heavy atom. The Bertz CT molecular complexity index is 591. The second-order valence-corrected chi connectivity index (χ2v) is 3.09. The number of nitriles is 2. The number of benzene rings is 1. The van der Waals surface area contributed by atoms with Crippen molar-refractivity contribution in [1.82, 2.24) is 10.2 Å². The van der Waals surface area contributed by atoms with Gasteiger partial charge in [0.05, 0.1) is 29.0 Å². The van der Waals surface area contributed by atoms with E-state index in [9.17, 15) is 0 Å². The molecule has 1 heterocycles. The van der Waals surface area contributed by atoms with Crippen molar-refractivity contribution < 1.29 is 0 Å². The van der Waals surface area contributed by atoms with Gasteiger partial charge in [0, 0.05) is 11.8 Å². The third-order valence-corrected chi connectivity index (χ3v) is 2.12. The molecule has 0 aliphatic heterocycles. The van der Waals surface area contributed by atoms with Gasteiger partial charge < -0.3 is 0 Å². The smallest absolute Gasteiger partial charge is 0.0998 e. The van der Waals surface area contributed by atoms with Crippen LogP contribution in [0.5, 0.6) is 0 Å². The van der Waals surface area contributed by atoms with Gasteiger partial charge in [-0.15, -0.1) is 0 Å². The summed E-state index contributed by atoms with van der Waals surface area (Å²) in [4.78, 5) is 0. The molecule has 4 nitrogen and oxygen atoms in total. The van der Waals surface area contributed by atoms with Crippen LogP contribution in [0.25, 0.3) is 11.3 Å². The van der Waals surface area contributed by atoms with E-state index in [2.05, 4.69) is 16.3 Å². The van der Waals surface area contributed by atoms with Crippen LogP contribution in [0.15, 0.2) is 36.5 Å². The number of rotatable bonds is 1. The fraction of sp³-hybridized carbons (Fsp3) is 0. The van der Waals surface area contributed by atoms with Gasteiger partial charge in [0.1, 0.15) is 0 Å². The summed E-state index contributed by atoms with van der Waals surface area (Å²) >= 11 is 0. The molecule has 0 N–H and O–H groups in total. The number of nitrogens with zero attached hydrogens (tertiary/aromatic N) is 4. The standard InChI is InChI=1S/C12H6N4/c13-7-9-3-4-10(8-14)11(6-9)12-2-1-5-15-16-12/h1-6H. The molecule has 0 saturated carbocycles. The quantitative estimate of drug-likeness (QED) is 0.714. The Labute approximate surface area is 92.4 Å². The first-order chi connectivity index (χ1) is 7.85. The van der Waals surface area contributed by atoms with Crippen LogP contribution in [0.1, 0.15) is 11.1 Å². The molecule has 0 amide bonds. The van der Waals surface area contributed by atoms with Crippen LogP contribution in [0.3, 0.4) is 0 Å². The fourth-order valence-corrected chi connectivity index (χ4v) is 1.37. The molecule has 0 aliphatic rings. The van der Waals surface area contributed by atoms with Crippen LogP contribution in [0, 0.1) is 22.7 Å². The highest BCUT2D eigenvalue weighted by Crippen LogP contribution is 2.21. The van der Waals surface area contributed by atoms with Crippen molar-refractivity contribution in [3.8, 4) is 23.4 Å². The second-order valence-electron chi connectivity index (χ2n) is 3.09. The summed E-state index contributed by atoms with van der Waals surface area (Å²) < 4.78 is 0. The molecule has 0 aliphatic carbocycles. The highest BCUT2D eigenvalue weighted by molar-refractivity contribution is 5.68. The van der Waals surface area contributed by atoms with Gasteiger partial charge in [-0.3, -0.25) is 0 Å². The lowest BCUT2D eigenvalue weighted by Gasteiger charge is -2.02. The topological polar surface area (TPSA) is 73.4 Å².